The number of hydrogen-bond acceptors (Lipinski definition) is 7. The minimum Gasteiger partial charge on any atom is -0.465 e. The number of piperidine rings is 1. The average molecular weight is 649 g/mol. The van der Waals surface area contributed by atoms with Crippen LogP contribution in [-0.2, 0) is 0 Å². The Morgan fingerprint density at radius 1 is 1.07 bits per heavy atom. The van der Waals surface area contributed by atoms with Gasteiger partial charge in [-0.05, 0) is 60.9 Å². The van der Waals surface area contributed by atoms with Crippen molar-refractivity contribution in [1.82, 2.24) is 24.9 Å². The normalized spacial score (nSPS) is 14.2. The van der Waals surface area contributed by atoms with Crippen molar-refractivity contribution in [2.45, 2.75) is 24.9 Å². The number of halogens is 4. The highest BCUT2D eigenvalue weighted by atomic mass is 35.5. The Kier molecular flexibility index (Phi) is 8.38. The molecule has 0 aliphatic carbocycles. The van der Waals surface area contributed by atoms with E-state index in [4.69, 9.17) is 23.2 Å². The summed E-state index contributed by atoms with van der Waals surface area (Å²) in [4.78, 5) is 17.1. The standard InChI is InChI=1S/C31H24Cl2F2N8O2/c32-24-12-20(4-5-26(24)35)38-28-18(14-36)15-37-30-23(28)11-21(13-25(30)33)39-29(17-2-1-3-19(34)10-17)27-16-43(41-40-27)22-6-8-42(9-7-22)31(44)45/h1-5,10-13,15-16,22,29,39H,6-9H2,(H,37,38)(H,44,45). The molecular weight excluding hydrogens is 625 g/mol. The molecule has 10 nitrogen and oxygen atoms in total. The zero-order valence-electron chi connectivity index (χ0n) is 23.4. The van der Waals surface area contributed by atoms with Crippen LogP contribution in [0, 0.1) is 23.0 Å². The smallest absolute Gasteiger partial charge is 0.407 e. The van der Waals surface area contributed by atoms with Crippen LogP contribution in [0.25, 0.3) is 10.9 Å². The van der Waals surface area contributed by atoms with Crippen molar-refractivity contribution in [1.29, 1.82) is 5.26 Å². The molecule has 45 heavy (non-hydrogen) atoms. The van der Waals surface area contributed by atoms with Gasteiger partial charge in [-0.15, -0.1) is 5.10 Å². The van der Waals surface area contributed by atoms with E-state index >= 15 is 0 Å². The first kappa shape index (κ1) is 30.1. The van der Waals surface area contributed by atoms with E-state index in [0.717, 1.165) is 0 Å². The van der Waals surface area contributed by atoms with Gasteiger partial charge in [0.05, 0.1) is 45.1 Å². The maximum atomic E-state index is 14.4. The Morgan fingerprint density at radius 2 is 1.84 bits per heavy atom. The molecular formula is C31H24Cl2F2N8O2. The van der Waals surface area contributed by atoms with E-state index in [9.17, 15) is 23.9 Å². The van der Waals surface area contributed by atoms with Crippen molar-refractivity contribution in [3.8, 4) is 6.07 Å². The molecule has 3 heterocycles. The van der Waals surface area contributed by atoms with Crippen LogP contribution < -0.4 is 10.6 Å². The number of nitrogens with zero attached hydrogens (tertiary/aromatic N) is 6. The SMILES string of the molecule is N#Cc1cnc2c(Cl)cc(NC(c3cccc(F)c3)c3cn(C4CCN(C(=O)O)CC4)nn3)cc2c1Nc1ccc(F)c(Cl)c1. The quantitative estimate of drug-likeness (QED) is 0.165. The number of amides is 1. The van der Waals surface area contributed by atoms with Gasteiger partial charge in [-0.3, -0.25) is 4.98 Å². The Morgan fingerprint density at radius 3 is 2.56 bits per heavy atom. The fourth-order valence-electron chi connectivity index (χ4n) is 5.38. The summed E-state index contributed by atoms with van der Waals surface area (Å²) < 4.78 is 30.0. The molecule has 6 rings (SSSR count). The van der Waals surface area contributed by atoms with E-state index in [1.54, 1.807) is 35.1 Å². The zero-order valence-corrected chi connectivity index (χ0v) is 24.9. The molecule has 1 unspecified atom stereocenters. The number of rotatable bonds is 7. The lowest BCUT2D eigenvalue weighted by Crippen LogP contribution is -2.38. The van der Waals surface area contributed by atoms with Crippen molar-refractivity contribution in [2.24, 2.45) is 0 Å². The Labute approximate surface area is 265 Å². The third-order valence-electron chi connectivity index (χ3n) is 7.66. The summed E-state index contributed by atoms with van der Waals surface area (Å²) in [5.41, 5.74) is 3.05. The summed E-state index contributed by atoms with van der Waals surface area (Å²) in [5, 5.41) is 35.1. The van der Waals surface area contributed by atoms with E-state index in [-0.39, 0.29) is 21.7 Å². The van der Waals surface area contributed by atoms with Gasteiger partial charge in [0.2, 0.25) is 0 Å². The van der Waals surface area contributed by atoms with Gasteiger partial charge in [-0.25, -0.2) is 18.3 Å². The third-order valence-corrected chi connectivity index (χ3v) is 8.24. The molecule has 1 fully saturated rings. The first-order chi connectivity index (χ1) is 21.7. The lowest BCUT2D eigenvalue weighted by atomic mass is 10.0. The van der Waals surface area contributed by atoms with Crippen LogP contribution in [0.5, 0.6) is 0 Å². The molecule has 1 atom stereocenters. The molecule has 228 valence electrons. The molecule has 1 saturated heterocycles. The molecule has 1 amide bonds. The van der Waals surface area contributed by atoms with E-state index in [2.05, 4.69) is 32.0 Å². The molecule has 0 spiro atoms. The van der Waals surface area contributed by atoms with Crippen LogP contribution in [0.2, 0.25) is 10.0 Å². The Balaban J connectivity index is 1.38. The number of benzene rings is 3. The molecule has 14 heteroatoms. The van der Waals surface area contributed by atoms with Crippen molar-refractivity contribution in [3.63, 3.8) is 0 Å². The monoisotopic (exact) mass is 648 g/mol. The fourth-order valence-corrected chi connectivity index (χ4v) is 5.83. The second kappa shape index (κ2) is 12.6. The fraction of sp³-hybridized carbons (Fsp3) is 0.194. The van der Waals surface area contributed by atoms with Crippen LogP contribution in [0.4, 0.5) is 30.6 Å². The molecule has 1 aliphatic rings. The highest BCUT2D eigenvalue weighted by molar-refractivity contribution is 6.36. The predicted molar refractivity (Wildman–Crippen MR) is 166 cm³/mol. The Bertz CT molecular complexity index is 1960. The summed E-state index contributed by atoms with van der Waals surface area (Å²) in [6.07, 6.45) is 3.37. The number of hydrogen-bond donors (Lipinski definition) is 3. The van der Waals surface area contributed by atoms with Gasteiger partial charge in [0, 0.05) is 36.0 Å². The molecule has 0 saturated carbocycles. The number of anilines is 3. The van der Waals surface area contributed by atoms with E-state index < -0.39 is 23.8 Å². The van der Waals surface area contributed by atoms with Crippen LogP contribution >= 0.6 is 23.2 Å². The molecule has 1 aliphatic heterocycles. The first-order valence-corrected chi connectivity index (χ1v) is 14.6. The molecule has 2 aromatic heterocycles. The number of fused-ring (bicyclic) bond motifs is 1. The van der Waals surface area contributed by atoms with E-state index in [1.165, 1.54) is 41.4 Å². The van der Waals surface area contributed by atoms with Crippen LogP contribution in [0.3, 0.4) is 0 Å². The van der Waals surface area contributed by atoms with Gasteiger partial charge < -0.3 is 20.6 Å². The van der Waals surface area contributed by atoms with Crippen molar-refractivity contribution in [3.05, 3.63) is 105 Å². The van der Waals surface area contributed by atoms with Gasteiger partial charge in [0.25, 0.3) is 0 Å². The highest BCUT2D eigenvalue weighted by Crippen LogP contribution is 2.37. The van der Waals surface area contributed by atoms with Crippen LogP contribution in [0.15, 0.2) is 67.0 Å². The summed E-state index contributed by atoms with van der Waals surface area (Å²) in [6.45, 7) is 0.769. The van der Waals surface area contributed by atoms with Crippen molar-refractivity contribution < 1.29 is 18.7 Å². The third kappa shape index (κ3) is 6.31. The average Bonchev–Trinajstić information content (AvgIpc) is 3.52. The van der Waals surface area contributed by atoms with Gasteiger partial charge in [0.1, 0.15) is 23.4 Å². The summed E-state index contributed by atoms with van der Waals surface area (Å²) >= 11 is 12.7. The van der Waals surface area contributed by atoms with Crippen LogP contribution in [-0.4, -0.2) is 49.2 Å². The molecule has 3 aromatic carbocycles. The van der Waals surface area contributed by atoms with Gasteiger partial charge >= 0.3 is 6.09 Å². The van der Waals surface area contributed by atoms with Crippen molar-refractivity contribution >= 4 is 57.3 Å². The first-order valence-electron chi connectivity index (χ1n) is 13.9. The number of likely N-dealkylation sites (tertiary alicyclic amines) is 1. The van der Waals surface area contributed by atoms with Gasteiger partial charge in [-0.1, -0.05) is 40.5 Å². The topological polar surface area (TPSA) is 132 Å². The summed E-state index contributed by atoms with van der Waals surface area (Å²) in [6, 6.07) is 15.0. The lowest BCUT2D eigenvalue weighted by Gasteiger charge is -2.29. The van der Waals surface area contributed by atoms with Gasteiger partial charge in [0.15, 0.2) is 0 Å². The summed E-state index contributed by atoms with van der Waals surface area (Å²) in [7, 11) is 0. The second-order valence-electron chi connectivity index (χ2n) is 10.5. The minimum atomic E-state index is -0.950. The largest absolute Gasteiger partial charge is 0.465 e. The van der Waals surface area contributed by atoms with E-state index in [1.807, 2.05) is 0 Å². The summed E-state index contributed by atoms with van der Waals surface area (Å²) in [5.74, 6) is -1.01. The molecule has 0 radical (unpaired) electrons. The predicted octanol–water partition coefficient (Wildman–Crippen LogP) is 7.54. The second-order valence-corrected chi connectivity index (χ2v) is 11.3. The Hall–Kier alpha value is -4.99. The lowest BCUT2D eigenvalue weighted by molar-refractivity contribution is 0.123. The van der Waals surface area contributed by atoms with Crippen LogP contribution in [0.1, 0.15) is 41.7 Å². The molecule has 3 N–H and O–H groups in total. The number of nitriles is 1. The molecule has 5 aromatic rings. The van der Waals surface area contributed by atoms with Crippen molar-refractivity contribution in [2.75, 3.05) is 23.7 Å². The maximum Gasteiger partial charge on any atom is 0.407 e. The number of pyridine rings is 1. The number of aromatic nitrogens is 4. The number of carboxylic acid groups (broad SMARTS) is 1. The number of carbonyl (C=O) groups is 1. The highest BCUT2D eigenvalue weighted by Gasteiger charge is 2.26. The zero-order chi connectivity index (χ0) is 31.7. The number of nitrogens with one attached hydrogen (secondary N) is 2. The molecule has 0 bridgehead atoms. The maximum absolute atomic E-state index is 14.4. The minimum absolute atomic E-state index is 0.0470. The van der Waals surface area contributed by atoms with Gasteiger partial charge in [-0.2, -0.15) is 5.26 Å². The van der Waals surface area contributed by atoms with E-state index in [0.29, 0.717) is 65.2 Å².